The first-order chi connectivity index (χ1) is 23.9. The summed E-state index contributed by atoms with van der Waals surface area (Å²) in [5.41, 5.74) is 21.7. The van der Waals surface area contributed by atoms with Gasteiger partial charge in [-0.1, -0.05) is 27.7 Å². The molecule has 0 fully saturated rings. The Kier molecular flexibility index (Phi) is 20.2. The van der Waals surface area contributed by atoms with Crippen LogP contribution in [0.25, 0.3) is 0 Å². The third-order valence-corrected chi connectivity index (χ3v) is 8.28. The minimum Gasteiger partial charge on any atom is -0.480 e. The maximum Gasteiger partial charge on any atom is 0.326 e. The summed E-state index contributed by atoms with van der Waals surface area (Å²) in [6.07, 6.45) is -1.41. The van der Waals surface area contributed by atoms with Crippen molar-refractivity contribution >= 4 is 47.4 Å². The Morgan fingerprint density at radius 1 is 0.808 bits per heavy atom. The van der Waals surface area contributed by atoms with E-state index in [0.717, 1.165) is 4.90 Å². The van der Waals surface area contributed by atoms with E-state index in [2.05, 4.69) is 31.3 Å². The van der Waals surface area contributed by atoms with Gasteiger partial charge in [-0.2, -0.15) is 0 Å². The van der Waals surface area contributed by atoms with Crippen molar-refractivity contribution in [1.82, 2.24) is 26.2 Å². The molecule has 0 aliphatic rings. The Balaban J connectivity index is 6.33. The minimum absolute atomic E-state index is 0.00793. The second-order valence-electron chi connectivity index (χ2n) is 14.3. The van der Waals surface area contributed by atoms with Gasteiger partial charge in [-0.15, -0.1) is 0 Å². The first-order valence-electron chi connectivity index (χ1n) is 17.2. The molecule has 298 valence electrons. The molecule has 0 spiro atoms. The highest BCUT2D eigenvalue weighted by atomic mass is 16.4. The van der Waals surface area contributed by atoms with E-state index >= 15 is 0 Å². The van der Waals surface area contributed by atoms with E-state index in [1.807, 2.05) is 21.1 Å². The zero-order valence-corrected chi connectivity index (χ0v) is 32.0. The normalized spacial score (nSPS) is 15.3. The van der Waals surface area contributed by atoms with Gasteiger partial charge in [0.2, 0.25) is 23.6 Å². The fourth-order valence-corrected chi connectivity index (χ4v) is 5.20. The molecule has 0 aromatic rings. The highest BCUT2D eigenvalue weighted by Crippen LogP contribution is 2.15. The number of quaternary nitrogens is 1. The predicted octanol–water partition coefficient (Wildman–Crippen LogP) is -3.66. The molecule has 0 saturated carbocycles. The fraction of sp³-hybridized carbons (Fsp3) is 0.750. The lowest BCUT2D eigenvalue weighted by Crippen LogP contribution is -2.62. The van der Waals surface area contributed by atoms with Crippen LogP contribution in [-0.4, -0.2) is 152 Å². The van der Waals surface area contributed by atoms with Gasteiger partial charge in [-0.3, -0.25) is 34.0 Å². The van der Waals surface area contributed by atoms with Crippen LogP contribution in [0.1, 0.15) is 59.8 Å². The average Bonchev–Trinajstić information content (AvgIpc) is 3.02. The zero-order chi connectivity index (χ0) is 40.5. The second-order valence-corrected chi connectivity index (χ2v) is 14.3. The van der Waals surface area contributed by atoms with Crippen LogP contribution < -0.4 is 44.2 Å². The molecule has 14 N–H and O–H groups in total. The van der Waals surface area contributed by atoms with Crippen LogP contribution in [0.2, 0.25) is 0 Å². The molecule has 6 unspecified atom stereocenters. The number of likely N-dealkylation sites (N-methyl/N-ethyl adjacent to an activating group) is 2. The Hall–Kier alpha value is -4.72. The van der Waals surface area contributed by atoms with Crippen molar-refractivity contribution in [3.8, 4) is 0 Å². The van der Waals surface area contributed by atoms with Gasteiger partial charge in [-0.25, -0.2) is 4.79 Å². The van der Waals surface area contributed by atoms with E-state index in [1.165, 1.54) is 14.1 Å². The lowest BCUT2D eigenvalue weighted by Gasteiger charge is -2.35. The molecule has 0 aliphatic heterocycles. The van der Waals surface area contributed by atoms with E-state index in [0.29, 0.717) is 19.4 Å². The summed E-state index contributed by atoms with van der Waals surface area (Å²) in [5, 5.41) is 31.2. The number of rotatable bonds is 23. The van der Waals surface area contributed by atoms with Gasteiger partial charge in [-0.05, 0) is 24.7 Å². The molecule has 0 saturated heterocycles. The summed E-state index contributed by atoms with van der Waals surface area (Å²) in [7, 11) is 8.24. The van der Waals surface area contributed by atoms with Crippen LogP contribution in [0.5, 0.6) is 0 Å². The van der Waals surface area contributed by atoms with Crippen LogP contribution >= 0.6 is 0 Å². The molecule has 0 heterocycles. The van der Waals surface area contributed by atoms with Crippen molar-refractivity contribution in [3.63, 3.8) is 0 Å². The monoisotopic (exact) mass is 743 g/mol. The second kappa shape index (κ2) is 22.3. The molecule has 20 nitrogen and oxygen atoms in total. The van der Waals surface area contributed by atoms with Gasteiger partial charge < -0.3 is 63.8 Å². The topological polar surface area (TPSA) is 323 Å². The molecular weight excluding hydrogens is 680 g/mol. The lowest BCUT2D eigenvalue weighted by molar-refractivity contribution is -0.886. The number of carbonyl (C=O) groups excluding carboxylic acids is 5. The molecule has 6 atom stereocenters. The van der Waals surface area contributed by atoms with Crippen LogP contribution in [0.3, 0.4) is 0 Å². The number of aliphatic carboxylic acids is 1. The number of aliphatic hydroxyl groups is 1. The summed E-state index contributed by atoms with van der Waals surface area (Å²) in [6.45, 7) is 6.86. The number of nitrogens with one attached hydrogen (secondary N) is 4. The number of hydrogen-bond acceptors (Lipinski definition) is 9. The van der Waals surface area contributed by atoms with E-state index < -0.39 is 84.2 Å². The van der Waals surface area contributed by atoms with Crippen molar-refractivity contribution in [2.75, 3.05) is 48.3 Å². The summed E-state index contributed by atoms with van der Waals surface area (Å²) in [6, 6.07) is -5.80. The van der Waals surface area contributed by atoms with Gasteiger partial charge in [0.25, 0.3) is 5.91 Å². The maximum absolute atomic E-state index is 13.8. The standard InChI is InChI=1S/C32H62N12O8/c1-17(2)24(42-28(49)25(18(3)4)41-26(47)22(44(7,8)9)11-10-14-38-31(34)35)27(48)40-20(15-19(45)16-39-32(36)37-5)29(50)43(6)21(30(51)52)12-13-23(33)46/h17-22,24-25,45H,10-16H2,1-9H3,(H12-,33,34,35,36,37,38,39,40,41,42,46,47,48,49,51,52)/p+1. The Morgan fingerprint density at radius 3 is 1.77 bits per heavy atom. The number of carbonyl (C=O) groups is 6. The van der Waals surface area contributed by atoms with E-state index in [-0.39, 0.29) is 41.7 Å². The largest absolute Gasteiger partial charge is 0.480 e. The molecule has 0 bridgehead atoms. The van der Waals surface area contributed by atoms with Gasteiger partial charge in [0.05, 0.1) is 33.8 Å². The SMILES string of the molecule is CNC(N)=NCC(O)CC(NC(=O)C(NC(=O)C(NC(=O)C(CCCN=C(N)N)[N+](C)(C)C)C(C)C)C(C)C)C(=O)N(C)C(CCC(N)=O)C(=O)O. The molecule has 20 heteroatoms. The molecule has 5 amide bonds. The molecule has 0 aromatic carbocycles. The third kappa shape index (κ3) is 17.0. The van der Waals surface area contributed by atoms with Crippen molar-refractivity contribution in [2.45, 2.75) is 96.1 Å². The van der Waals surface area contributed by atoms with E-state index in [4.69, 9.17) is 22.9 Å². The number of amides is 5. The molecule has 0 radical (unpaired) electrons. The Morgan fingerprint density at radius 2 is 1.33 bits per heavy atom. The number of carboxylic acid groups (broad SMARTS) is 1. The van der Waals surface area contributed by atoms with Crippen molar-refractivity contribution in [2.24, 2.45) is 44.8 Å². The van der Waals surface area contributed by atoms with E-state index in [9.17, 15) is 39.0 Å². The number of nitrogens with two attached hydrogens (primary N) is 4. The number of aliphatic imine (C=N–C) groups is 2. The third-order valence-electron chi connectivity index (χ3n) is 8.28. The van der Waals surface area contributed by atoms with Crippen LogP contribution in [0.4, 0.5) is 0 Å². The summed E-state index contributed by atoms with van der Waals surface area (Å²) in [4.78, 5) is 86.9. The molecule has 52 heavy (non-hydrogen) atoms. The van der Waals surface area contributed by atoms with Crippen LogP contribution in [0.15, 0.2) is 9.98 Å². The molecule has 0 rings (SSSR count). The summed E-state index contributed by atoms with van der Waals surface area (Å²) >= 11 is 0. The highest BCUT2D eigenvalue weighted by molar-refractivity contribution is 5.95. The average molecular weight is 744 g/mol. The first-order valence-corrected chi connectivity index (χ1v) is 17.2. The maximum atomic E-state index is 13.8. The van der Waals surface area contributed by atoms with Gasteiger partial charge in [0.1, 0.15) is 24.2 Å². The summed E-state index contributed by atoms with van der Waals surface area (Å²) < 4.78 is 0.255. The van der Waals surface area contributed by atoms with Crippen molar-refractivity contribution in [3.05, 3.63) is 0 Å². The Bertz CT molecular complexity index is 1280. The zero-order valence-electron chi connectivity index (χ0n) is 32.0. The van der Waals surface area contributed by atoms with Crippen LogP contribution in [-0.2, 0) is 28.8 Å². The highest BCUT2D eigenvalue weighted by Gasteiger charge is 2.38. The van der Waals surface area contributed by atoms with Gasteiger partial charge >= 0.3 is 5.97 Å². The van der Waals surface area contributed by atoms with Gasteiger partial charge in [0.15, 0.2) is 18.0 Å². The summed E-state index contributed by atoms with van der Waals surface area (Å²) in [5.74, 6) is -5.87. The minimum atomic E-state index is -1.49. The number of carboxylic acids is 1. The number of aliphatic hydroxyl groups excluding tert-OH is 1. The van der Waals surface area contributed by atoms with Crippen molar-refractivity contribution < 1.29 is 43.5 Å². The molecular formula is C32H63N12O8+. The molecule has 0 aliphatic carbocycles. The number of guanidine groups is 2. The Labute approximate surface area is 306 Å². The number of nitrogens with zero attached hydrogens (tertiary/aromatic N) is 4. The lowest BCUT2D eigenvalue weighted by atomic mass is 9.98. The predicted molar refractivity (Wildman–Crippen MR) is 196 cm³/mol. The van der Waals surface area contributed by atoms with Gasteiger partial charge in [0, 0.05) is 39.9 Å². The smallest absolute Gasteiger partial charge is 0.326 e. The van der Waals surface area contributed by atoms with E-state index in [1.54, 1.807) is 27.7 Å². The quantitative estimate of drug-likeness (QED) is 0.0210. The fourth-order valence-electron chi connectivity index (χ4n) is 5.20. The van der Waals surface area contributed by atoms with Crippen molar-refractivity contribution in [1.29, 1.82) is 0 Å². The molecule has 0 aromatic heterocycles. The number of primary amides is 1. The van der Waals surface area contributed by atoms with Crippen LogP contribution in [0, 0.1) is 11.8 Å². The number of hydrogen-bond donors (Lipinski definition) is 10. The first kappa shape index (κ1) is 47.3.